The van der Waals surface area contributed by atoms with Gasteiger partial charge < -0.3 is 19.1 Å². The number of furan rings is 1. The van der Waals surface area contributed by atoms with E-state index in [2.05, 4.69) is 28.2 Å². The number of aromatic nitrogens is 3. The standard InChI is InChI=1S/C46H37N3O2.Pt/c1-26-13-15-36(28(3)17-26)38-23-43(48-25-30(38)5)41-22-35(21-40-37-16-14-31(6)49-46(37)51-45(40)41)50-44-20-34(42-18-27(2)29(4)24-47-42)19-39(32(44)7)33-11-9-8-10-12-33;/h8-19,21,23-25H,1-7H3;/q-2;+2/i2D3,4D3,6D3,7D3;. The Balaban J connectivity index is 0.00000612. The first kappa shape index (κ1) is 23.2. The molecule has 52 heavy (non-hydrogen) atoms. The van der Waals surface area contributed by atoms with Crippen molar-refractivity contribution in [3.05, 3.63) is 149 Å². The number of benzene rings is 4. The SMILES string of the molecule is [2H]C([2H])([2H])c1ccc2c(n1)oc1c(-c3cc(-c4ccc(C)cc4C)c(C)cn3)[c-]c(Oc3[c-]c(-c4cc(C([2H])([2H])[2H])c(C([2H])([2H])[2H])cn4)cc(-c4ccccc4)c3C([2H])([2H])[2H])cc12.[Pt+2]. The average Bonchev–Trinajstić information content (AvgIpc) is 3.57. The number of fused-ring (bicyclic) bond motifs is 3. The van der Waals surface area contributed by atoms with Crippen molar-refractivity contribution in [3.8, 4) is 56.3 Å². The zero-order valence-electron chi connectivity index (χ0n) is 40.2. The summed E-state index contributed by atoms with van der Waals surface area (Å²) in [6, 6.07) is 30.2. The first-order chi connectivity index (χ1) is 29.5. The number of ether oxygens (including phenoxy) is 1. The van der Waals surface area contributed by atoms with Crippen LogP contribution in [0.15, 0.2) is 102 Å². The van der Waals surface area contributed by atoms with Gasteiger partial charge in [-0.25, -0.2) is 4.98 Å². The van der Waals surface area contributed by atoms with Gasteiger partial charge in [0.2, 0.25) is 5.71 Å². The molecule has 8 aromatic rings. The Morgan fingerprint density at radius 1 is 0.673 bits per heavy atom. The summed E-state index contributed by atoms with van der Waals surface area (Å²) in [6.45, 7) is -4.97. The molecular weight excluding hydrogens is 822 g/mol. The number of hydrogen-bond donors (Lipinski definition) is 0. The van der Waals surface area contributed by atoms with Crippen LogP contribution in [-0.4, -0.2) is 15.0 Å². The summed E-state index contributed by atoms with van der Waals surface area (Å²) < 4.78 is 112. The van der Waals surface area contributed by atoms with E-state index >= 15 is 0 Å². The second-order valence-electron chi connectivity index (χ2n) is 12.5. The molecule has 5 nitrogen and oxygen atoms in total. The van der Waals surface area contributed by atoms with Crippen LogP contribution >= 0.6 is 0 Å². The molecule has 0 N–H and O–H groups in total. The number of aryl methyl sites for hydroxylation is 6. The molecule has 4 aromatic heterocycles. The number of nitrogens with zero attached hydrogens (tertiary/aromatic N) is 3. The van der Waals surface area contributed by atoms with Crippen molar-refractivity contribution >= 4 is 22.1 Å². The third-order valence-corrected chi connectivity index (χ3v) is 8.89. The van der Waals surface area contributed by atoms with Crippen LogP contribution in [0.4, 0.5) is 0 Å². The molecule has 0 aliphatic heterocycles. The third-order valence-electron chi connectivity index (χ3n) is 8.89. The minimum absolute atomic E-state index is 0. The summed E-state index contributed by atoms with van der Waals surface area (Å²) >= 11 is 0. The average molecular weight is 871 g/mol. The van der Waals surface area contributed by atoms with Crippen molar-refractivity contribution in [1.29, 1.82) is 0 Å². The van der Waals surface area contributed by atoms with Crippen LogP contribution in [0.3, 0.4) is 0 Å². The molecule has 0 spiro atoms. The topological polar surface area (TPSA) is 61.0 Å². The summed E-state index contributed by atoms with van der Waals surface area (Å²) in [5.74, 6) is -0.268. The second-order valence-corrected chi connectivity index (χ2v) is 12.5. The van der Waals surface area contributed by atoms with Crippen molar-refractivity contribution in [2.45, 2.75) is 48.2 Å². The number of hydrogen-bond acceptors (Lipinski definition) is 5. The number of rotatable bonds is 6. The molecule has 6 heteroatoms. The molecule has 258 valence electrons. The molecule has 0 fully saturated rings. The van der Waals surface area contributed by atoms with Gasteiger partial charge in [0.15, 0.2) is 0 Å². The zero-order chi connectivity index (χ0) is 45.4. The molecule has 0 amide bonds. The minimum atomic E-state index is -2.84. The van der Waals surface area contributed by atoms with Gasteiger partial charge in [-0.2, -0.15) is 0 Å². The van der Waals surface area contributed by atoms with Gasteiger partial charge in [-0.15, -0.1) is 11.6 Å². The summed E-state index contributed by atoms with van der Waals surface area (Å²) in [4.78, 5) is 13.5. The molecule has 0 atom stereocenters. The van der Waals surface area contributed by atoms with Crippen LogP contribution in [0, 0.1) is 60.3 Å². The zero-order valence-corrected chi connectivity index (χ0v) is 30.5. The predicted octanol–water partition coefficient (Wildman–Crippen LogP) is 12.0. The van der Waals surface area contributed by atoms with Gasteiger partial charge in [0, 0.05) is 51.4 Å². The van der Waals surface area contributed by atoms with E-state index in [0.29, 0.717) is 27.6 Å². The van der Waals surface area contributed by atoms with Gasteiger partial charge in [-0.1, -0.05) is 119 Å². The van der Waals surface area contributed by atoms with Crippen molar-refractivity contribution in [2.24, 2.45) is 0 Å². The summed E-state index contributed by atoms with van der Waals surface area (Å²) in [6.07, 6.45) is 2.71. The van der Waals surface area contributed by atoms with Gasteiger partial charge in [0.25, 0.3) is 0 Å². The minimum Gasteiger partial charge on any atom is -0.496 e. The second kappa shape index (κ2) is 14.0. The van der Waals surface area contributed by atoms with Gasteiger partial charge >= 0.3 is 21.1 Å². The fourth-order valence-corrected chi connectivity index (χ4v) is 6.31. The van der Waals surface area contributed by atoms with Crippen LogP contribution in [-0.2, 0) is 21.1 Å². The summed E-state index contributed by atoms with van der Waals surface area (Å²) in [5, 5.41) is 0.877. The van der Waals surface area contributed by atoms with E-state index in [1.54, 1.807) is 48.7 Å². The first-order valence-corrected chi connectivity index (χ1v) is 16.2. The monoisotopic (exact) mass is 870 g/mol. The van der Waals surface area contributed by atoms with E-state index in [9.17, 15) is 0 Å². The fraction of sp³-hybridized carbons (Fsp3) is 0.152. The van der Waals surface area contributed by atoms with E-state index < -0.39 is 38.5 Å². The van der Waals surface area contributed by atoms with E-state index in [-0.39, 0.29) is 71.9 Å². The Morgan fingerprint density at radius 3 is 2.29 bits per heavy atom. The van der Waals surface area contributed by atoms with E-state index in [1.807, 2.05) is 39.0 Å². The van der Waals surface area contributed by atoms with Crippen LogP contribution in [0.1, 0.15) is 55.5 Å². The molecule has 0 aliphatic rings. The normalized spacial score (nSPS) is 15.6. The molecular formula is C46H37N3O2Pt. The molecule has 8 rings (SSSR count). The number of pyridine rings is 3. The third kappa shape index (κ3) is 6.46. The maximum absolute atomic E-state index is 8.77. The van der Waals surface area contributed by atoms with Gasteiger partial charge in [0.1, 0.15) is 0 Å². The van der Waals surface area contributed by atoms with Crippen molar-refractivity contribution in [1.82, 2.24) is 15.0 Å². The van der Waals surface area contributed by atoms with Crippen molar-refractivity contribution in [2.75, 3.05) is 0 Å². The molecule has 0 radical (unpaired) electrons. The molecule has 4 aromatic carbocycles. The molecule has 0 bridgehead atoms. The molecule has 0 aliphatic carbocycles. The largest absolute Gasteiger partial charge is 2.00 e. The molecule has 0 saturated heterocycles. The Hall–Kier alpha value is -5.38. The van der Waals surface area contributed by atoms with E-state index in [4.69, 9.17) is 30.6 Å². The van der Waals surface area contributed by atoms with Crippen LogP contribution in [0.2, 0.25) is 0 Å². The van der Waals surface area contributed by atoms with Crippen LogP contribution in [0.25, 0.3) is 66.8 Å². The van der Waals surface area contributed by atoms with Crippen LogP contribution < -0.4 is 4.74 Å². The molecule has 0 unspecified atom stereocenters. The van der Waals surface area contributed by atoms with Crippen molar-refractivity contribution < 1.29 is 46.7 Å². The van der Waals surface area contributed by atoms with Crippen molar-refractivity contribution in [3.63, 3.8) is 0 Å². The summed E-state index contributed by atoms with van der Waals surface area (Å²) in [5.41, 5.74) is 5.44. The van der Waals surface area contributed by atoms with E-state index in [1.165, 1.54) is 12.1 Å². The Bertz CT molecular complexity index is 3080. The van der Waals surface area contributed by atoms with E-state index in [0.717, 1.165) is 40.1 Å². The predicted molar refractivity (Wildman–Crippen MR) is 206 cm³/mol. The first-order valence-electron chi connectivity index (χ1n) is 22.2. The maximum atomic E-state index is 8.77. The van der Waals surface area contributed by atoms with Crippen LogP contribution in [0.5, 0.6) is 11.5 Å². The fourth-order valence-electron chi connectivity index (χ4n) is 6.31. The molecule has 4 heterocycles. The quantitative estimate of drug-likeness (QED) is 0.156. The maximum Gasteiger partial charge on any atom is 2.00 e. The molecule has 0 saturated carbocycles. The van der Waals surface area contributed by atoms with Gasteiger partial charge in [0.05, 0.1) is 5.58 Å². The summed E-state index contributed by atoms with van der Waals surface area (Å²) in [7, 11) is 0. The Labute approximate surface area is 335 Å². The van der Waals surface area contributed by atoms with Gasteiger partial charge in [-0.05, 0) is 98.2 Å². The Kier molecular flexibility index (Phi) is 6.24. The van der Waals surface area contributed by atoms with Gasteiger partial charge in [-0.3, -0.25) is 0 Å². The Morgan fingerprint density at radius 2 is 1.50 bits per heavy atom. The smallest absolute Gasteiger partial charge is 0.496 e.